The molecule has 6 nitrogen and oxygen atoms in total. The molecule has 0 aliphatic carbocycles. The predicted octanol–water partition coefficient (Wildman–Crippen LogP) is 3.47. The van der Waals surface area contributed by atoms with Crippen molar-refractivity contribution in [2.24, 2.45) is 0 Å². The molecule has 1 amide bonds. The van der Waals surface area contributed by atoms with Crippen molar-refractivity contribution in [3.8, 4) is 0 Å². The molecule has 144 valence electrons. The van der Waals surface area contributed by atoms with E-state index in [4.69, 9.17) is 0 Å². The van der Waals surface area contributed by atoms with Crippen LogP contribution in [0.1, 0.15) is 11.1 Å². The Labute approximate surface area is 164 Å². The molecule has 0 N–H and O–H groups in total. The molecule has 1 fully saturated rings. The molecular formula is C22H23N3O3. The molecule has 0 radical (unpaired) electrons. The Kier molecular flexibility index (Phi) is 6.70. The molecule has 2 aromatic carbocycles. The van der Waals surface area contributed by atoms with Gasteiger partial charge >= 0.3 is 0 Å². The number of nitro groups is 1. The van der Waals surface area contributed by atoms with E-state index in [0.717, 1.165) is 19.6 Å². The van der Waals surface area contributed by atoms with Gasteiger partial charge in [-0.3, -0.25) is 19.8 Å². The fraction of sp³-hybridized carbons (Fsp3) is 0.227. The second kappa shape index (κ2) is 9.62. The van der Waals surface area contributed by atoms with Crippen LogP contribution in [-0.2, 0) is 4.79 Å². The number of hydrogen-bond acceptors (Lipinski definition) is 4. The molecule has 28 heavy (non-hydrogen) atoms. The lowest BCUT2D eigenvalue weighted by Gasteiger charge is -2.33. The van der Waals surface area contributed by atoms with E-state index in [1.165, 1.54) is 23.8 Å². The molecule has 1 heterocycles. The summed E-state index contributed by atoms with van der Waals surface area (Å²) in [4.78, 5) is 26.9. The molecule has 2 aromatic rings. The third-order valence-electron chi connectivity index (χ3n) is 4.66. The van der Waals surface area contributed by atoms with Gasteiger partial charge in [-0.05, 0) is 17.2 Å². The largest absolute Gasteiger partial charge is 0.337 e. The highest BCUT2D eigenvalue weighted by Gasteiger charge is 2.18. The first kappa shape index (κ1) is 19.5. The number of piperazine rings is 1. The Balaban J connectivity index is 1.46. The summed E-state index contributed by atoms with van der Waals surface area (Å²) in [5, 5.41) is 10.8. The maximum atomic E-state index is 12.4. The number of nitrogens with zero attached hydrogens (tertiary/aromatic N) is 3. The van der Waals surface area contributed by atoms with E-state index in [2.05, 4.69) is 29.2 Å². The summed E-state index contributed by atoms with van der Waals surface area (Å²) in [5.74, 6) is -0.0639. The van der Waals surface area contributed by atoms with E-state index in [0.29, 0.717) is 18.7 Å². The van der Waals surface area contributed by atoms with E-state index < -0.39 is 4.92 Å². The van der Waals surface area contributed by atoms with Gasteiger partial charge in [0.05, 0.1) is 4.92 Å². The number of hydrogen-bond donors (Lipinski definition) is 0. The molecule has 1 aliphatic rings. The van der Waals surface area contributed by atoms with E-state index in [1.54, 1.807) is 18.2 Å². The van der Waals surface area contributed by atoms with Crippen LogP contribution in [0.5, 0.6) is 0 Å². The van der Waals surface area contributed by atoms with Crippen LogP contribution in [-0.4, -0.2) is 53.4 Å². The minimum absolute atomic E-state index is 0.0202. The first-order valence-electron chi connectivity index (χ1n) is 9.27. The van der Waals surface area contributed by atoms with Gasteiger partial charge in [-0.25, -0.2) is 0 Å². The molecule has 0 bridgehead atoms. The van der Waals surface area contributed by atoms with Crippen molar-refractivity contribution in [2.45, 2.75) is 0 Å². The molecular weight excluding hydrogens is 354 g/mol. The summed E-state index contributed by atoms with van der Waals surface area (Å²) >= 11 is 0. The first-order chi connectivity index (χ1) is 13.6. The van der Waals surface area contributed by atoms with Gasteiger partial charge in [-0.2, -0.15) is 0 Å². The maximum absolute atomic E-state index is 12.4. The Bertz CT molecular complexity index is 870. The van der Waals surface area contributed by atoms with Crippen LogP contribution in [0.25, 0.3) is 12.2 Å². The highest BCUT2D eigenvalue weighted by Crippen LogP contribution is 2.14. The molecule has 0 unspecified atom stereocenters. The number of carbonyl (C=O) groups is 1. The van der Waals surface area contributed by atoms with Crippen LogP contribution in [0.4, 0.5) is 5.69 Å². The summed E-state index contributed by atoms with van der Waals surface area (Å²) in [7, 11) is 0. The first-order valence-corrected chi connectivity index (χ1v) is 9.27. The van der Waals surface area contributed by atoms with Crippen molar-refractivity contribution >= 4 is 23.7 Å². The molecule has 6 heteroatoms. The van der Waals surface area contributed by atoms with Gasteiger partial charge < -0.3 is 4.90 Å². The lowest BCUT2D eigenvalue weighted by atomic mass is 10.2. The highest BCUT2D eigenvalue weighted by molar-refractivity contribution is 5.91. The van der Waals surface area contributed by atoms with Gasteiger partial charge in [0.15, 0.2) is 0 Å². The molecule has 3 rings (SSSR count). The topological polar surface area (TPSA) is 66.7 Å². The van der Waals surface area contributed by atoms with Gasteiger partial charge in [0.25, 0.3) is 5.69 Å². The predicted molar refractivity (Wildman–Crippen MR) is 111 cm³/mol. The monoisotopic (exact) mass is 377 g/mol. The summed E-state index contributed by atoms with van der Waals surface area (Å²) < 4.78 is 0. The zero-order valence-corrected chi connectivity index (χ0v) is 15.6. The second-order valence-corrected chi connectivity index (χ2v) is 6.62. The number of non-ortho nitro benzene ring substituents is 1. The number of benzene rings is 2. The van der Waals surface area contributed by atoms with Gasteiger partial charge in [-0.1, -0.05) is 54.6 Å². The van der Waals surface area contributed by atoms with Crippen molar-refractivity contribution in [3.05, 3.63) is 88.0 Å². The third kappa shape index (κ3) is 5.62. The summed E-state index contributed by atoms with van der Waals surface area (Å²) in [6.45, 7) is 3.88. The van der Waals surface area contributed by atoms with Gasteiger partial charge in [0.2, 0.25) is 5.91 Å². The Morgan fingerprint density at radius 3 is 2.39 bits per heavy atom. The summed E-state index contributed by atoms with van der Waals surface area (Å²) in [5.41, 5.74) is 1.85. The van der Waals surface area contributed by atoms with Gasteiger partial charge in [0.1, 0.15) is 0 Å². The third-order valence-corrected chi connectivity index (χ3v) is 4.66. The number of rotatable bonds is 6. The minimum Gasteiger partial charge on any atom is -0.337 e. The van der Waals surface area contributed by atoms with E-state index in [1.807, 2.05) is 23.1 Å². The Hall–Kier alpha value is -3.25. The Morgan fingerprint density at radius 1 is 0.964 bits per heavy atom. The van der Waals surface area contributed by atoms with Crippen LogP contribution in [0, 0.1) is 10.1 Å². The van der Waals surface area contributed by atoms with E-state index >= 15 is 0 Å². The van der Waals surface area contributed by atoms with Crippen LogP contribution in [0.15, 0.2) is 66.7 Å². The molecule has 0 atom stereocenters. The van der Waals surface area contributed by atoms with Gasteiger partial charge in [-0.15, -0.1) is 0 Å². The van der Waals surface area contributed by atoms with Crippen molar-refractivity contribution in [1.82, 2.24) is 9.80 Å². The second-order valence-electron chi connectivity index (χ2n) is 6.62. The fourth-order valence-electron chi connectivity index (χ4n) is 3.07. The zero-order valence-electron chi connectivity index (χ0n) is 15.6. The molecule has 0 spiro atoms. The van der Waals surface area contributed by atoms with Crippen molar-refractivity contribution in [3.63, 3.8) is 0 Å². The van der Waals surface area contributed by atoms with Crippen molar-refractivity contribution in [2.75, 3.05) is 32.7 Å². The molecule has 0 aromatic heterocycles. The number of carbonyl (C=O) groups excluding carboxylic acids is 1. The normalized spacial score (nSPS) is 15.4. The van der Waals surface area contributed by atoms with Crippen LogP contribution < -0.4 is 0 Å². The summed E-state index contributed by atoms with van der Waals surface area (Å²) in [6.07, 6.45) is 7.38. The van der Waals surface area contributed by atoms with E-state index in [-0.39, 0.29) is 11.6 Å². The number of amides is 1. The zero-order chi connectivity index (χ0) is 19.8. The lowest BCUT2D eigenvalue weighted by molar-refractivity contribution is -0.384. The molecule has 0 saturated carbocycles. The van der Waals surface area contributed by atoms with Crippen LogP contribution in [0.2, 0.25) is 0 Å². The van der Waals surface area contributed by atoms with Crippen molar-refractivity contribution < 1.29 is 9.72 Å². The number of nitro benzene ring substituents is 1. The van der Waals surface area contributed by atoms with E-state index in [9.17, 15) is 14.9 Å². The summed E-state index contributed by atoms with van der Waals surface area (Å²) in [6, 6.07) is 16.4. The molecule has 1 aliphatic heterocycles. The Morgan fingerprint density at radius 2 is 1.68 bits per heavy atom. The smallest absolute Gasteiger partial charge is 0.270 e. The minimum atomic E-state index is -0.440. The van der Waals surface area contributed by atoms with Crippen LogP contribution >= 0.6 is 0 Å². The fourth-order valence-corrected chi connectivity index (χ4v) is 3.07. The molecule has 1 saturated heterocycles. The SMILES string of the molecule is O=C(/C=C/c1cccc([N+](=O)[O-])c1)N1CCN(C/C=C/c2ccccc2)CC1. The average molecular weight is 377 g/mol. The highest BCUT2D eigenvalue weighted by atomic mass is 16.6. The average Bonchev–Trinajstić information content (AvgIpc) is 2.73. The van der Waals surface area contributed by atoms with Crippen molar-refractivity contribution in [1.29, 1.82) is 0 Å². The van der Waals surface area contributed by atoms with Gasteiger partial charge in [0, 0.05) is 50.9 Å². The maximum Gasteiger partial charge on any atom is 0.270 e. The lowest BCUT2D eigenvalue weighted by Crippen LogP contribution is -2.48. The quantitative estimate of drug-likeness (QED) is 0.439. The standard InChI is InChI=1S/C22H23N3O3/c26-22(12-11-20-8-4-10-21(18-20)25(27)28)24-16-14-23(15-17-24)13-5-9-19-6-2-1-3-7-19/h1-12,18H,13-17H2/b9-5+,12-11+. The van der Waals surface area contributed by atoms with Crippen LogP contribution in [0.3, 0.4) is 0 Å².